The highest BCUT2D eigenvalue weighted by Gasteiger charge is 2.33. The van der Waals surface area contributed by atoms with Gasteiger partial charge in [0.15, 0.2) is 16.6 Å². The van der Waals surface area contributed by atoms with Gasteiger partial charge in [-0.1, -0.05) is 11.8 Å². The van der Waals surface area contributed by atoms with Crippen molar-refractivity contribution in [1.82, 2.24) is 9.97 Å². The van der Waals surface area contributed by atoms with Crippen molar-refractivity contribution in [3.63, 3.8) is 0 Å². The summed E-state index contributed by atoms with van der Waals surface area (Å²) >= 11 is 0.609. The molecule has 116 valence electrons. The number of aromatic amines is 1. The first-order valence-electron chi connectivity index (χ1n) is 5.71. The molecule has 6 nitrogen and oxygen atoms in total. The third-order valence-electron chi connectivity index (χ3n) is 2.03. The van der Waals surface area contributed by atoms with E-state index in [2.05, 4.69) is 14.7 Å². The lowest BCUT2D eigenvalue weighted by Crippen LogP contribution is -2.17. The minimum atomic E-state index is -4.75. The number of aromatic nitrogens is 2. The third-order valence-corrected chi connectivity index (χ3v) is 2.96. The van der Waals surface area contributed by atoms with Crippen molar-refractivity contribution < 1.29 is 27.5 Å². The normalized spacial score (nSPS) is 11.2. The van der Waals surface area contributed by atoms with E-state index in [1.165, 1.54) is 0 Å². The van der Waals surface area contributed by atoms with Gasteiger partial charge in [0.05, 0.1) is 12.4 Å². The molecule has 0 bridgehead atoms. The van der Waals surface area contributed by atoms with E-state index < -0.39 is 35.6 Å². The molecule has 0 aliphatic carbocycles. The molecule has 0 aliphatic heterocycles. The standard InChI is InChI=1S/C11H11F3N2O4S/c1-2-20-9(19)3-6(17)5-21-10-15-7(11(12,13)14)4-8(18)16-10/h4H,2-3,5H2,1H3,(H,15,16,18). The average Bonchev–Trinajstić information content (AvgIpc) is 2.35. The zero-order chi connectivity index (χ0) is 16.0. The highest BCUT2D eigenvalue weighted by atomic mass is 32.2. The van der Waals surface area contributed by atoms with Crippen LogP contribution < -0.4 is 5.56 Å². The molecule has 1 N–H and O–H groups in total. The Hall–Kier alpha value is -1.84. The average molecular weight is 324 g/mol. The highest BCUT2D eigenvalue weighted by molar-refractivity contribution is 7.99. The second-order valence-electron chi connectivity index (χ2n) is 3.74. The second-order valence-corrected chi connectivity index (χ2v) is 4.71. The zero-order valence-electron chi connectivity index (χ0n) is 10.8. The van der Waals surface area contributed by atoms with E-state index in [9.17, 15) is 27.6 Å². The number of ketones is 1. The minimum Gasteiger partial charge on any atom is -0.466 e. The molecule has 1 aromatic heterocycles. The van der Waals surface area contributed by atoms with Gasteiger partial charge in [0.1, 0.15) is 6.42 Å². The number of thioether (sulfide) groups is 1. The van der Waals surface area contributed by atoms with Gasteiger partial charge >= 0.3 is 12.1 Å². The molecular weight excluding hydrogens is 313 g/mol. The molecule has 0 spiro atoms. The number of H-pyrrole nitrogens is 1. The van der Waals surface area contributed by atoms with Gasteiger partial charge in [-0.3, -0.25) is 14.4 Å². The Morgan fingerprint density at radius 3 is 2.67 bits per heavy atom. The maximum atomic E-state index is 12.5. The first-order chi connectivity index (χ1) is 9.72. The highest BCUT2D eigenvalue weighted by Crippen LogP contribution is 2.27. The van der Waals surface area contributed by atoms with Crippen molar-refractivity contribution in [2.45, 2.75) is 24.7 Å². The lowest BCUT2D eigenvalue weighted by atomic mass is 10.3. The van der Waals surface area contributed by atoms with Gasteiger partial charge in [0.2, 0.25) is 0 Å². The molecule has 0 amide bonds. The van der Waals surface area contributed by atoms with E-state index in [0.29, 0.717) is 17.8 Å². The van der Waals surface area contributed by atoms with Gasteiger partial charge in [-0.15, -0.1) is 0 Å². The summed E-state index contributed by atoms with van der Waals surface area (Å²) in [6, 6.07) is 0.324. The number of hydrogen-bond donors (Lipinski definition) is 1. The van der Waals surface area contributed by atoms with Crippen molar-refractivity contribution in [3.05, 3.63) is 22.1 Å². The van der Waals surface area contributed by atoms with Crippen LogP contribution in [0.3, 0.4) is 0 Å². The number of ether oxygens (including phenoxy) is 1. The lowest BCUT2D eigenvalue weighted by Gasteiger charge is -2.06. The monoisotopic (exact) mass is 324 g/mol. The first-order valence-corrected chi connectivity index (χ1v) is 6.69. The maximum Gasteiger partial charge on any atom is 0.433 e. The Labute approximate surface area is 121 Å². The van der Waals surface area contributed by atoms with Crippen LogP contribution in [0.5, 0.6) is 0 Å². The van der Waals surface area contributed by atoms with Crippen molar-refractivity contribution in [2.75, 3.05) is 12.4 Å². The number of esters is 1. The number of Topliss-reactive ketones (excluding diaryl/α,β-unsaturated/α-hetero) is 1. The van der Waals surface area contributed by atoms with Crippen molar-refractivity contribution >= 4 is 23.5 Å². The van der Waals surface area contributed by atoms with E-state index >= 15 is 0 Å². The number of carbonyl (C=O) groups is 2. The molecule has 0 radical (unpaired) electrons. The number of rotatable bonds is 6. The third kappa shape index (κ3) is 5.98. The summed E-state index contributed by atoms with van der Waals surface area (Å²) in [6.45, 7) is 1.70. The van der Waals surface area contributed by atoms with Crippen LogP contribution in [0, 0.1) is 0 Å². The fourth-order valence-electron chi connectivity index (χ4n) is 1.22. The van der Waals surface area contributed by atoms with Crippen LogP contribution >= 0.6 is 11.8 Å². The van der Waals surface area contributed by atoms with Crippen LogP contribution in [-0.4, -0.2) is 34.1 Å². The number of hydrogen-bond acceptors (Lipinski definition) is 6. The molecule has 10 heteroatoms. The Kier molecular flexibility index (Phi) is 5.94. The fourth-order valence-corrected chi connectivity index (χ4v) is 1.96. The van der Waals surface area contributed by atoms with E-state index in [0.717, 1.165) is 0 Å². The van der Waals surface area contributed by atoms with Gasteiger partial charge in [-0.05, 0) is 6.92 Å². The Morgan fingerprint density at radius 2 is 2.10 bits per heavy atom. The largest absolute Gasteiger partial charge is 0.466 e. The zero-order valence-corrected chi connectivity index (χ0v) is 11.6. The van der Waals surface area contributed by atoms with Gasteiger partial charge in [0, 0.05) is 6.07 Å². The minimum absolute atomic E-state index is 0.127. The SMILES string of the molecule is CCOC(=O)CC(=O)CSc1nc(C(F)(F)F)cc(=O)[nH]1. The van der Waals surface area contributed by atoms with Gasteiger partial charge in [-0.2, -0.15) is 13.2 Å². The molecule has 0 aliphatic rings. The Morgan fingerprint density at radius 1 is 1.43 bits per heavy atom. The number of nitrogens with zero attached hydrogens (tertiary/aromatic N) is 1. The van der Waals surface area contributed by atoms with E-state index in [-0.39, 0.29) is 17.5 Å². The summed E-state index contributed by atoms with van der Waals surface area (Å²) in [6.07, 6.45) is -5.23. The Balaban J connectivity index is 2.68. The van der Waals surface area contributed by atoms with Crippen LogP contribution in [0.2, 0.25) is 0 Å². The summed E-state index contributed by atoms with van der Waals surface area (Å²) in [7, 11) is 0. The summed E-state index contributed by atoms with van der Waals surface area (Å²) in [5.74, 6) is -1.56. The van der Waals surface area contributed by atoms with Gasteiger partial charge in [-0.25, -0.2) is 4.98 Å². The molecule has 21 heavy (non-hydrogen) atoms. The number of alkyl halides is 3. The topological polar surface area (TPSA) is 89.1 Å². The molecule has 0 fully saturated rings. The van der Waals surface area contributed by atoms with E-state index in [1.54, 1.807) is 6.92 Å². The van der Waals surface area contributed by atoms with Crippen LogP contribution in [0.15, 0.2) is 16.0 Å². The molecule has 0 aromatic carbocycles. The molecule has 1 aromatic rings. The molecule has 0 unspecified atom stereocenters. The van der Waals surface area contributed by atoms with E-state index in [1.807, 2.05) is 0 Å². The molecule has 0 atom stereocenters. The molecule has 1 heterocycles. The molecular formula is C11H11F3N2O4S. The van der Waals surface area contributed by atoms with Crippen LogP contribution in [0.1, 0.15) is 19.0 Å². The van der Waals surface area contributed by atoms with Crippen molar-refractivity contribution in [2.24, 2.45) is 0 Å². The van der Waals surface area contributed by atoms with Crippen LogP contribution in [0.4, 0.5) is 13.2 Å². The lowest BCUT2D eigenvalue weighted by molar-refractivity contribution is -0.145. The smallest absolute Gasteiger partial charge is 0.433 e. The quantitative estimate of drug-likeness (QED) is 0.368. The van der Waals surface area contributed by atoms with Gasteiger partial charge in [0.25, 0.3) is 5.56 Å². The van der Waals surface area contributed by atoms with Crippen molar-refractivity contribution in [3.8, 4) is 0 Å². The van der Waals surface area contributed by atoms with Crippen LogP contribution in [-0.2, 0) is 20.5 Å². The fraction of sp³-hybridized carbons (Fsp3) is 0.455. The predicted octanol–water partition coefficient (Wildman–Crippen LogP) is 1.40. The summed E-state index contributed by atoms with van der Waals surface area (Å²) in [4.78, 5) is 38.8. The number of carbonyl (C=O) groups excluding carboxylic acids is 2. The molecule has 0 saturated carbocycles. The first kappa shape index (κ1) is 17.2. The number of halogens is 3. The summed E-state index contributed by atoms with van der Waals surface area (Å²) < 4.78 is 41.9. The molecule has 1 rings (SSSR count). The van der Waals surface area contributed by atoms with Gasteiger partial charge < -0.3 is 9.72 Å². The van der Waals surface area contributed by atoms with Crippen molar-refractivity contribution in [1.29, 1.82) is 0 Å². The summed E-state index contributed by atoms with van der Waals surface area (Å²) in [5, 5.41) is -0.341. The second kappa shape index (κ2) is 7.25. The predicted molar refractivity (Wildman–Crippen MR) is 66.8 cm³/mol. The molecule has 0 saturated heterocycles. The van der Waals surface area contributed by atoms with E-state index in [4.69, 9.17) is 0 Å². The number of nitrogens with one attached hydrogen (secondary N) is 1. The van der Waals surface area contributed by atoms with Crippen LogP contribution in [0.25, 0.3) is 0 Å². The maximum absolute atomic E-state index is 12.5. The summed E-state index contributed by atoms with van der Waals surface area (Å²) in [5.41, 5.74) is -2.32. The Bertz CT molecular complexity index is 586.